The van der Waals surface area contributed by atoms with Crippen LogP contribution in [-0.2, 0) is 11.2 Å². The van der Waals surface area contributed by atoms with Crippen molar-refractivity contribution in [2.45, 2.75) is 12.8 Å². The number of benzene rings is 1. The van der Waals surface area contributed by atoms with Gasteiger partial charge in [-0.3, -0.25) is 4.79 Å². The minimum atomic E-state index is -0.782. The molecule has 0 saturated heterocycles. The Morgan fingerprint density at radius 2 is 2.40 bits per heavy atom. The molecule has 0 fully saturated rings. The molecule has 15 heavy (non-hydrogen) atoms. The second-order valence-electron chi connectivity index (χ2n) is 3.85. The fraction of sp³-hybridized carbons (Fsp3) is 0.364. The molecule has 1 atom stereocenters. The van der Waals surface area contributed by atoms with E-state index in [4.69, 9.17) is 15.6 Å². The smallest absolute Gasteiger partial charge is 0.303 e. The summed E-state index contributed by atoms with van der Waals surface area (Å²) in [7, 11) is 0. The maximum atomic E-state index is 10.6. The number of hydrogen-bond donors (Lipinski definition) is 2. The molecule has 4 heteroatoms. The first-order chi connectivity index (χ1) is 7.15. The molecule has 1 aromatic rings. The number of anilines is 1. The molecule has 1 unspecified atom stereocenters. The molecule has 0 saturated carbocycles. The number of nitrogens with two attached hydrogens (primary N) is 1. The Kier molecular flexibility index (Phi) is 2.49. The van der Waals surface area contributed by atoms with E-state index in [1.54, 1.807) is 6.07 Å². The van der Waals surface area contributed by atoms with Crippen molar-refractivity contribution in [3.05, 3.63) is 23.8 Å². The summed E-state index contributed by atoms with van der Waals surface area (Å²) >= 11 is 0. The molecule has 1 aliphatic heterocycles. The van der Waals surface area contributed by atoms with Crippen molar-refractivity contribution in [3.63, 3.8) is 0 Å². The molecule has 1 aliphatic rings. The summed E-state index contributed by atoms with van der Waals surface area (Å²) in [5, 5.41) is 8.69. The van der Waals surface area contributed by atoms with Crippen LogP contribution in [0.5, 0.6) is 5.75 Å². The lowest BCUT2D eigenvalue weighted by atomic mass is 9.94. The highest BCUT2D eigenvalue weighted by atomic mass is 16.5. The minimum absolute atomic E-state index is 0.0526. The normalized spacial score (nSPS) is 19.1. The Morgan fingerprint density at radius 1 is 1.60 bits per heavy atom. The van der Waals surface area contributed by atoms with Crippen LogP contribution in [-0.4, -0.2) is 17.7 Å². The summed E-state index contributed by atoms with van der Waals surface area (Å²) in [6, 6.07) is 5.47. The lowest BCUT2D eigenvalue weighted by Gasteiger charge is -2.24. The highest BCUT2D eigenvalue weighted by molar-refractivity contribution is 5.67. The van der Waals surface area contributed by atoms with Crippen LogP contribution in [0.4, 0.5) is 5.69 Å². The molecule has 0 radical (unpaired) electrons. The molecular weight excluding hydrogens is 194 g/mol. The maximum absolute atomic E-state index is 10.6. The minimum Gasteiger partial charge on any atom is -0.493 e. The first kappa shape index (κ1) is 9.83. The van der Waals surface area contributed by atoms with E-state index < -0.39 is 5.97 Å². The molecule has 0 spiro atoms. The molecule has 0 bridgehead atoms. The Hall–Kier alpha value is -1.71. The lowest BCUT2D eigenvalue weighted by Crippen LogP contribution is -2.23. The Labute approximate surface area is 87.7 Å². The number of fused-ring (bicyclic) bond motifs is 1. The summed E-state index contributed by atoms with van der Waals surface area (Å²) in [6.07, 6.45) is 0.876. The third-order valence-corrected chi connectivity index (χ3v) is 2.53. The molecular formula is C11H13NO3. The molecule has 80 valence electrons. The fourth-order valence-electron chi connectivity index (χ4n) is 1.86. The summed E-state index contributed by atoms with van der Waals surface area (Å²) in [6.45, 7) is 0.475. The van der Waals surface area contributed by atoms with E-state index in [1.165, 1.54) is 0 Å². The Bertz CT molecular complexity index is 389. The Balaban J connectivity index is 2.14. The van der Waals surface area contributed by atoms with Gasteiger partial charge in [-0.15, -0.1) is 0 Å². The van der Waals surface area contributed by atoms with Crippen LogP contribution in [0.25, 0.3) is 0 Å². The molecule has 2 rings (SSSR count). The molecule has 0 amide bonds. The lowest BCUT2D eigenvalue weighted by molar-refractivity contribution is -0.138. The van der Waals surface area contributed by atoms with E-state index in [9.17, 15) is 4.79 Å². The quantitative estimate of drug-likeness (QED) is 0.717. The number of ether oxygens (including phenoxy) is 1. The second kappa shape index (κ2) is 3.81. The van der Waals surface area contributed by atoms with Gasteiger partial charge in [-0.05, 0) is 30.2 Å². The number of carbonyl (C=O) groups is 1. The molecule has 0 aliphatic carbocycles. The van der Waals surface area contributed by atoms with Gasteiger partial charge in [0.1, 0.15) is 5.75 Å². The number of carboxylic acid groups (broad SMARTS) is 1. The van der Waals surface area contributed by atoms with Crippen molar-refractivity contribution < 1.29 is 14.6 Å². The van der Waals surface area contributed by atoms with Gasteiger partial charge in [-0.1, -0.05) is 0 Å². The Morgan fingerprint density at radius 3 is 3.13 bits per heavy atom. The predicted octanol–water partition coefficient (Wildman–Crippen LogP) is 1.29. The van der Waals surface area contributed by atoms with Crippen LogP contribution in [0.2, 0.25) is 0 Å². The van der Waals surface area contributed by atoms with Crippen molar-refractivity contribution in [3.8, 4) is 5.75 Å². The van der Waals surface area contributed by atoms with Crippen LogP contribution < -0.4 is 10.5 Å². The predicted molar refractivity (Wildman–Crippen MR) is 55.8 cm³/mol. The van der Waals surface area contributed by atoms with Crippen LogP contribution in [0.3, 0.4) is 0 Å². The van der Waals surface area contributed by atoms with Crippen molar-refractivity contribution in [2.75, 3.05) is 12.3 Å². The summed E-state index contributed by atoms with van der Waals surface area (Å²) in [4.78, 5) is 10.6. The van der Waals surface area contributed by atoms with Crippen molar-refractivity contribution in [1.29, 1.82) is 0 Å². The van der Waals surface area contributed by atoms with Crippen LogP contribution in [0.15, 0.2) is 18.2 Å². The molecule has 1 aromatic carbocycles. The number of hydrogen-bond acceptors (Lipinski definition) is 3. The van der Waals surface area contributed by atoms with Gasteiger partial charge in [-0.25, -0.2) is 0 Å². The summed E-state index contributed by atoms with van der Waals surface area (Å²) in [5.41, 5.74) is 7.35. The number of nitrogen functional groups attached to an aromatic ring is 1. The van der Waals surface area contributed by atoms with E-state index in [1.807, 2.05) is 12.1 Å². The zero-order valence-corrected chi connectivity index (χ0v) is 8.27. The third kappa shape index (κ3) is 2.21. The molecule has 3 N–H and O–H groups in total. The van der Waals surface area contributed by atoms with Gasteiger partial charge in [0.05, 0.1) is 13.0 Å². The highest BCUT2D eigenvalue weighted by Gasteiger charge is 2.21. The van der Waals surface area contributed by atoms with Gasteiger partial charge >= 0.3 is 5.97 Å². The number of aliphatic carboxylic acids is 1. The summed E-state index contributed by atoms with van der Waals surface area (Å²) in [5.74, 6) is 0.0959. The van der Waals surface area contributed by atoms with Gasteiger partial charge in [0.2, 0.25) is 0 Å². The van der Waals surface area contributed by atoms with Gasteiger partial charge in [-0.2, -0.15) is 0 Å². The zero-order valence-electron chi connectivity index (χ0n) is 8.27. The zero-order chi connectivity index (χ0) is 10.8. The average Bonchev–Trinajstić information content (AvgIpc) is 2.16. The SMILES string of the molecule is Nc1ccc2c(c1)CC(CC(=O)O)CO2. The topological polar surface area (TPSA) is 72.6 Å². The average molecular weight is 207 g/mol. The standard InChI is InChI=1S/C11H13NO3/c12-9-1-2-10-8(5-9)3-7(6-15-10)4-11(13)14/h1-2,5,7H,3-4,6,12H2,(H,13,14). The third-order valence-electron chi connectivity index (χ3n) is 2.53. The monoisotopic (exact) mass is 207 g/mol. The van der Waals surface area contributed by atoms with Gasteiger partial charge in [0.15, 0.2) is 0 Å². The largest absolute Gasteiger partial charge is 0.493 e. The van der Waals surface area contributed by atoms with Gasteiger partial charge in [0.25, 0.3) is 0 Å². The van der Waals surface area contributed by atoms with Crippen LogP contribution in [0, 0.1) is 5.92 Å². The van der Waals surface area contributed by atoms with Crippen molar-refractivity contribution in [1.82, 2.24) is 0 Å². The number of rotatable bonds is 2. The van der Waals surface area contributed by atoms with Gasteiger partial charge in [0, 0.05) is 11.6 Å². The first-order valence-corrected chi connectivity index (χ1v) is 4.88. The van der Waals surface area contributed by atoms with Crippen LogP contribution >= 0.6 is 0 Å². The second-order valence-corrected chi connectivity index (χ2v) is 3.85. The van der Waals surface area contributed by atoms with Crippen molar-refractivity contribution in [2.24, 2.45) is 5.92 Å². The molecule has 4 nitrogen and oxygen atoms in total. The molecule has 1 heterocycles. The van der Waals surface area contributed by atoms with Crippen molar-refractivity contribution >= 4 is 11.7 Å². The van der Waals surface area contributed by atoms with Crippen LogP contribution in [0.1, 0.15) is 12.0 Å². The van der Waals surface area contributed by atoms with Gasteiger partial charge < -0.3 is 15.6 Å². The van der Waals surface area contributed by atoms with E-state index in [-0.39, 0.29) is 12.3 Å². The summed E-state index contributed by atoms with van der Waals surface area (Å²) < 4.78 is 5.47. The highest BCUT2D eigenvalue weighted by Crippen LogP contribution is 2.30. The fourth-order valence-corrected chi connectivity index (χ4v) is 1.86. The molecule has 0 aromatic heterocycles. The first-order valence-electron chi connectivity index (χ1n) is 4.88. The van der Waals surface area contributed by atoms with E-state index in [0.717, 1.165) is 17.7 Å². The maximum Gasteiger partial charge on any atom is 0.303 e. The van der Waals surface area contributed by atoms with E-state index >= 15 is 0 Å². The van der Waals surface area contributed by atoms with E-state index in [0.29, 0.717) is 12.3 Å². The van der Waals surface area contributed by atoms with E-state index in [2.05, 4.69) is 0 Å². The number of carboxylic acids is 1.